The van der Waals surface area contributed by atoms with Crippen LogP contribution in [0.5, 0.6) is 0 Å². The number of hydrogen-bond donors (Lipinski definition) is 2. The standard InChI is InChI=1S/C22H26N6O5/c29-12-17-10-26(9-15-1-3-16(4-2-15)22(30)31)11-18(33-17)28-14-25-19-20(23-13-24-21(19)28)27-5-7-32-8-6-27/h1-4,13-14,17-18,29H,5-12H2,(H,30,31)/t17-,18+/m0/s1. The minimum Gasteiger partial charge on any atom is -0.478 e. The average molecular weight is 454 g/mol. The molecule has 1 aromatic carbocycles. The lowest BCUT2D eigenvalue weighted by molar-refractivity contribution is -0.135. The monoisotopic (exact) mass is 454 g/mol. The Morgan fingerprint density at radius 1 is 1.09 bits per heavy atom. The average Bonchev–Trinajstić information content (AvgIpc) is 3.29. The van der Waals surface area contributed by atoms with Crippen molar-refractivity contribution < 1.29 is 24.5 Å². The number of aromatic nitrogens is 4. The van der Waals surface area contributed by atoms with Gasteiger partial charge in [-0.2, -0.15) is 0 Å². The Labute approximate surface area is 190 Å². The summed E-state index contributed by atoms with van der Waals surface area (Å²) in [6.07, 6.45) is 2.51. The Kier molecular flexibility index (Phi) is 6.18. The lowest BCUT2D eigenvalue weighted by Gasteiger charge is -2.38. The summed E-state index contributed by atoms with van der Waals surface area (Å²) in [5, 5.41) is 18.9. The van der Waals surface area contributed by atoms with E-state index in [0.717, 1.165) is 24.5 Å². The maximum absolute atomic E-state index is 11.1. The molecule has 2 aromatic heterocycles. The molecule has 33 heavy (non-hydrogen) atoms. The van der Waals surface area contributed by atoms with E-state index in [0.29, 0.717) is 44.0 Å². The number of nitrogens with zero attached hydrogens (tertiary/aromatic N) is 6. The van der Waals surface area contributed by atoms with E-state index >= 15 is 0 Å². The van der Waals surface area contributed by atoms with Crippen LogP contribution >= 0.6 is 0 Å². The van der Waals surface area contributed by atoms with Gasteiger partial charge in [0.2, 0.25) is 0 Å². The normalized spacial score (nSPS) is 22.0. The minimum absolute atomic E-state index is 0.106. The predicted molar refractivity (Wildman–Crippen MR) is 118 cm³/mol. The van der Waals surface area contributed by atoms with Crippen molar-refractivity contribution in [1.82, 2.24) is 24.4 Å². The lowest BCUT2D eigenvalue weighted by atomic mass is 10.1. The molecule has 4 heterocycles. The van der Waals surface area contributed by atoms with Crippen molar-refractivity contribution in [3.05, 3.63) is 48.0 Å². The van der Waals surface area contributed by atoms with E-state index in [1.807, 2.05) is 16.7 Å². The van der Waals surface area contributed by atoms with E-state index in [1.165, 1.54) is 0 Å². The Morgan fingerprint density at radius 3 is 2.61 bits per heavy atom. The van der Waals surface area contributed by atoms with Gasteiger partial charge in [-0.3, -0.25) is 9.47 Å². The summed E-state index contributed by atoms with van der Waals surface area (Å²) < 4.78 is 13.5. The molecule has 2 fully saturated rings. The molecule has 0 bridgehead atoms. The fraction of sp³-hybridized carbons (Fsp3) is 0.455. The predicted octanol–water partition coefficient (Wildman–Crippen LogP) is 0.753. The molecule has 0 radical (unpaired) electrons. The Bertz CT molecular complexity index is 1110. The summed E-state index contributed by atoms with van der Waals surface area (Å²) in [6.45, 7) is 4.44. The van der Waals surface area contributed by atoms with Crippen LogP contribution < -0.4 is 4.90 Å². The van der Waals surface area contributed by atoms with Crippen LogP contribution in [0.15, 0.2) is 36.9 Å². The third-order valence-electron chi connectivity index (χ3n) is 6.00. The summed E-state index contributed by atoms with van der Waals surface area (Å²) in [5.41, 5.74) is 2.64. The number of benzene rings is 1. The summed E-state index contributed by atoms with van der Waals surface area (Å²) >= 11 is 0. The first-order valence-electron chi connectivity index (χ1n) is 10.9. The van der Waals surface area contributed by atoms with Crippen LogP contribution in [0.3, 0.4) is 0 Å². The van der Waals surface area contributed by atoms with Gasteiger partial charge in [0, 0.05) is 32.7 Å². The number of fused-ring (bicyclic) bond motifs is 1. The number of aliphatic hydroxyl groups is 1. The van der Waals surface area contributed by atoms with Crippen LogP contribution in [-0.2, 0) is 16.0 Å². The second-order valence-electron chi connectivity index (χ2n) is 8.21. The number of aromatic carboxylic acids is 1. The van der Waals surface area contributed by atoms with E-state index in [9.17, 15) is 9.90 Å². The number of carboxylic acid groups (broad SMARTS) is 1. The molecule has 11 heteroatoms. The van der Waals surface area contributed by atoms with Crippen molar-refractivity contribution in [3.8, 4) is 0 Å². The van der Waals surface area contributed by atoms with Crippen molar-refractivity contribution in [2.24, 2.45) is 0 Å². The Balaban J connectivity index is 1.38. The number of carboxylic acids is 1. The van der Waals surface area contributed by atoms with Gasteiger partial charge in [0.1, 0.15) is 12.6 Å². The van der Waals surface area contributed by atoms with E-state index in [-0.39, 0.29) is 24.5 Å². The van der Waals surface area contributed by atoms with Gasteiger partial charge in [0.25, 0.3) is 0 Å². The fourth-order valence-corrected chi connectivity index (χ4v) is 4.34. The highest BCUT2D eigenvalue weighted by Crippen LogP contribution is 2.28. The largest absolute Gasteiger partial charge is 0.478 e. The molecule has 0 unspecified atom stereocenters. The molecule has 2 aliphatic heterocycles. The van der Waals surface area contributed by atoms with Gasteiger partial charge in [0.05, 0.1) is 37.8 Å². The SMILES string of the molecule is O=C(O)c1ccc(CN2C[C@@H](CO)O[C@@H](n3cnc4c(N5CCOCC5)ncnc43)C2)cc1. The first-order valence-corrected chi connectivity index (χ1v) is 10.9. The van der Waals surface area contributed by atoms with Crippen molar-refractivity contribution in [1.29, 1.82) is 0 Å². The van der Waals surface area contributed by atoms with Crippen LogP contribution in [0.25, 0.3) is 11.2 Å². The van der Waals surface area contributed by atoms with Crippen LogP contribution in [0.1, 0.15) is 22.1 Å². The van der Waals surface area contributed by atoms with Gasteiger partial charge in [-0.15, -0.1) is 0 Å². The van der Waals surface area contributed by atoms with Gasteiger partial charge < -0.3 is 24.6 Å². The number of ether oxygens (including phenoxy) is 2. The van der Waals surface area contributed by atoms with Crippen LogP contribution in [0.4, 0.5) is 5.82 Å². The van der Waals surface area contributed by atoms with Crippen LogP contribution in [0.2, 0.25) is 0 Å². The van der Waals surface area contributed by atoms with Crippen molar-refractivity contribution in [2.45, 2.75) is 18.9 Å². The van der Waals surface area contributed by atoms with Crippen molar-refractivity contribution in [2.75, 3.05) is 50.9 Å². The molecule has 0 saturated carbocycles. The van der Waals surface area contributed by atoms with E-state index in [2.05, 4.69) is 24.8 Å². The number of anilines is 1. The van der Waals surface area contributed by atoms with Crippen molar-refractivity contribution in [3.63, 3.8) is 0 Å². The van der Waals surface area contributed by atoms with Gasteiger partial charge >= 0.3 is 5.97 Å². The van der Waals surface area contributed by atoms with Gasteiger partial charge in [-0.25, -0.2) is 19.7 Å². The second kappa shape index (κ2) is 9.40. The molecule has 3 aromatic rings. The molecular formula is C22H26N6O5. The molecule has 174 valence electrons. The molecule has 2 N–H and O–H groups in total. The van der Waals surface area contributed by atoms with Crippen molar-refractivity contribution >= 4 is 23.0 Å². The number of aliphatic hydroxyl groups excluding tert-OH is 1. The first kappa shape index (κ1) is 21.7. The number of rotatable bonds is 6. The number of hydrogen-bond acceptors (Lipinski definition) is 9. The topological polar surface area (TPSA) is 126 Å². The molecule has 0 spiro atoms. The molecule has 0 amide bonds. The Morgan fingerprint density at radius 2 is 1.88 bits per heavy atom. The maximum Gasteiger partial charge on any atom is 0.335 e. The second-order valence-corrected chi connectivity index (χ2v) is 8.21. The van der Waals surface area contributed by atoms with E-state index in [1.54, 1.807) is 24.8 Å². The lowest BCUT2D eigenvalue weighted by Crippen LogP contribution is -2.46. The maximum atomic E-state index is 11.1. The van der Waals surface area contributed by atoms with E-state index < -0.39 is 5.97 Å². The first-order chi connectivity index (χ1) is 16.1. The van der Waals surface area contributed by atoms with Gasteiger partial charge in [0.15, 0.2) is 17.0 Å². The fourth-order valence-electron chi connectivity index (χ4n) is 4.34. The number of morpholine rings is 2. The summed E-state index contributed by atoms with van der Waals surface area (Å²) in [6, 6.07) is 6.84. The third-order valence-corrected chi connectivity index (χ3v) is 6.00. The van der Waals surface area contributed by atoms with Crippen LogP contribution in [0, 0.1) is 0 Å². The minimum atomic E-state index is -0.946. The van der Waals surface area contributed by atoms with Gasteiger partial charge in [-0.1, -0.05) is 12.1 Å². The molecule has 11 nitrogen and oxygen atoms in total. The number of carbonyl (C=O) groups is 1. The summed E-state index contributed by atoms with van der Waals surface area (Å²) in [7, 11) is 0. The molecule has 5 rings (SSSR count). The Hall–Kier alpha value is -3.12. The highest BCUT2D eigenvalue weighted by molar-refractivity contribution is 5.87. The molecule has 2 atom stereocenters. The smallest absolute Gasteiger partial charge is 0.335 e. The van der Waals surface area contributed by atoms with Gasteiger partial charge in [-0.05, 0) is 17.7 Å². The highest BCUT2D eigenvalue weighted by atomic mass is 16.5. The molecule has 2 aliphatic rings. The third kappa shape index (κ3) is 4.53. The highest BCUT2D eigenvalue weighted by Gasteiger charge is 2.30. The quantitative estimate of drug-likeness (QED) is 0.551. The van der Waals surface area contributed by atoms with E-state index in [4.69, 9.17) is 14.6 Å². The molecule has 0 aliphatic carbocycles. The summed E-state index contributed by atoms with van der Waals surface area (Å²) in [5.74, 6) is -0.161. The zero-order valence-electron chi connectivity index (χ0n) is 18.1. The molecular weight excluding hydrogens is 428 g/mol. The zero-order chi connectivity index (χ0) is 22.8. The summed E-state index contributed by atoms with van der Waals surface area (Å²) in [4.78, 5) is 29.0. The zero-order valence-corrected chi connectivity index (χ0v) is 18.1. The number of imidazole rings is 1. The molecule has 2 saturated heterocycles. The van der Waals surface area contributed by atoms with Crippen LogP contribution in [-0.4, -0.2) is 92.7 Å².